The number of piperidine rings is 1. The maximum Gasteiger partial charge on any atom is 0.223 e. The molecule has 2 N–H and O–H groups in total. The van der Waals surface area contributed by atoms with Crippen LogP contribution in [0.2, 0.25) is 0 Å². The first-order valence-corrected chi connectivity index (χ1v) is 6.84. The third-order valence-corrected chi connectivity index (χ3v) is 3.69. The van der Waals surface area contributed by atoms with Crippen LogP contribution in [-0.4, -0.2) is 30.4 Å². The second-order valence-electron chi connectivity index (χ2n) is 4.99. The smallest absolute Gasteiger partial charge is 0.223 e. The van der Waals surface area contributed by atoms with Crippen LogP contribution in [0.3, 0.4) is 0 Å². The zero-order chi connectivity index (χ0) is 12.8. The highest BCUT2D eigenvalue weighted by Gasteiger charge is 2.20. The molecule has 0 saturated carbocycles. The molecule has 98 valence electrons. The van der Waals surface area contributed by atoms with E-state index in [4.69, 9.17) is 5.73 Å². The molecule has 0 spiro atoms. The largest absolute Gasteiger partial charge is 0.343 e. The van der Waals surface area contributed by atoms with E-state index in [1.54, 1.807) is 0 Å². The average molecular weight is 246 g/mol. The van der Waals surface area contributed by atoms with Gasteiger partial charge in [0.05, 0.1) is 0 Å². The lowest BCUT2D eigenvalue weighted by atomic mass is 9.95. The van der Waals surface area contributed by atoms with E-state index in [1.165, 1.54) is 12.0 Å². The van der Waals surface area contributed by atoms with Gasteiger partial charge in [-0.25, -0.2) is 0 Å². The molecule has 2 rings (SSSR count). The van der Waals surface area contributed by atoms with E-state index in [2.05, 4.69) is 12.1 Å². The molecule has 1 heterocycles. The number of carbonyl (C=O) groups is 1. The van der Waals surface area contributed by atoms with E-state index in [9.17, 15) is 4.79 Å². The maximum absolute atomic E-state index is 12.2. The molecule has 3 nitrogen and oxygen atoms in total. The number of nitrogens with two attached hydrogens (primary N) is 1. The van der Waals surface area contributed by atoms with E-state index < -0.39 is 0 Å². The molecule has 1 fully saturated rings. The van der Waals surface area contributed by atoms with Crippen LogP contribution in [-0.2, 0) is 4.79 Å². The third kappa shape index (κ3) is 3.33. The highest BCUT2D eigenvalue weighted by atomic mass is 16.2. The first-order chi connectivity index (χ1) is 8.81. The minimum atomic E-state index is 0.153. The maximum atomic E-state index is 12.2. The molecule has 0 unspecified atom stereocenters. The van der Waals surface area contributed by atoms with Crippen LogP contribution in [0.4, 0.5) is 0 Å². The van der Waals surface area contributed by atoms with Gasteiger partial charge in [-0.05, 0) is 31.4 Å². The summed E-state index contributed by atoms with van der Waals surface area (Å²) in [5, 5.41) is 0. The van der Waals surface area contributed by atoms with Crippen LogP contribution in [0.1, 0.15) is 37.2 Å². The summed E-state index contributed by atoms with van der Waals surface area (Å²) in [4.78, 5) is 14.2. The Morgan fingerprint density at radius 2 is 1.83 bits per heavy atom. The Hall–Kier alpha value is -1.35. The number of hydrogen-bond acceptors (Lipinski definition) is 2. The SMILES string of the molecule is NC[C@H](CC(=O)N1CCCCC1)c1ccccc1. The van der Waals surface area contributed by atoms with Crippen molar-refractivity contribution in [2.24, 2.45) is 5.73 Å². The number of hydrogen-bond donors (Lipinski definition) is 1. The molecular weight excluding hydrogens is 224 g/mol. The van der Waals surface area contributed by atoms with Gasteiger partial charge in [-0.15, -0.1) is 0 Å². The lowest BCUT2D eigenvalue weighted by Gasteiger charge is -2.28. The Morgan fingerprint density at radius 1 is 1.17 bits per heavy atom. The minimum absolute atomic E-state index is 0.153. The van der Waals surface area contributed by atoms with E-state index in [1.807, 2.05) is 23.1 Å². The number of rotatable bonds is 4. The summed E-state index contributed by atoms with van der Waals surface area (Å²) in [6.45, 7) is 2.37. The summed E-state index contributed by atoms with van der Waals surface area (Å²) in [6.07, 6.45) is 4.08. The van der Waals surface area contributed by atoms with Crippen molar-refractivity contribution in [2.45, 2.75) is 31.6 Å². The molecule has 0 radical (unpaired) electrons. The van der Waals surface area contributed by atoms with Crippen molar-refractivity contribution in [3.05, 3.63) is 35.9 Å². The summed E-state index contributed by atoms with van der Waals surface area (Å²) >= 11 is 0. The van der Waals surface area contributed by atoms with Gasteiger partial charge >= 0.3 is 0 Å². The van der Waals surface area contributed by atoms with Crippen molar-refractivity contribution < 1.29 is 4.79 Å². The Kier molecular flexibility index (Phi) is 4.76. The first kappa shape index (κ1) is 13.1. The molecule has 1 saturated heterocycles. The van der Waals surface area contributed by atoms with Gasteiger partial charge in [0, 0.05) is 25.4 Å². The lowest BCUT2D eigenvalue weighted by molar-refractivity contribution is -0.132. The summed E-state index contributed by atoms with van der Waals surface area (Å²) in [7, 11) is 0. The molecule has 1 aliphatic heterocycles. The van der Waals surface area contributed by atoms with Crippen molar-refractivity contribution in [1.82, 2.24) is 4.90 Å². The number of nitrogens with zero attached hydrogens (tertiary/aromatic N) is 1. The molecule has 1 aromatic carbocycles. The Balaban J connectivity index is 1.95. The van der Waals surface area contributed by atoms with Crippen molar-refractivity contribution in [3.63, 3.8) is 0 Å². The highest BCUT2D eigenvalue weighted by Crippen LogP contribution is 2.20. The van der Waals surface area contributed by atoms with Crippen LogP contribution >= 0.6 is 0 Å². The van der Waals surface area contributed by atoms with E-state index in [-0.39, 0.29) is 11.8 Å². The fourth-order valence-corrected chi connectivity index (χ4v) is 2.55. The molecule has 18 heavy (non-hydrogen) atoms. The van der Waals surface area contributed by atoms with Crippen LogP contribution in [0, 0.1) is 0 Å². The van der Waals surface area contributed by atoms with Crippen LogP contribution < -0.4 is 5.73 Å². The Morgan fingerprint density at radius 3 is 2.44 bits per heavy atom. The van der Waals surface area contributed by atoms with E-state index in [0.29, 0.717) is 13.0 Å². The fourth-order valence-electron chi connectivity index (χ4n) is 2.55. The minimum Gasteiger partial charge on any atom is -0.343 e. The number of amides is 1. The second kappa shape index (κ2) is 6.55. The Labute approximate surface area is 109 Å². The molecule has 1 atom stereocenters. The zero-order valence-electron chi connectivity index (χ0n) is 10.8. The number of carbonyl (C=O) groups excluding carboxylic acids is 1. The zero-order valence-corrected chi connectivity index (χ0v) is 10.8. The van der Waals surface area contributed by atoms with Crippen molar-refractivity contribution in [2.75, 3.05) is 19.6 Å². The molecule has 0 aromatic heterocycles. The van der Waals surface area contributed by atoms with E-state index in [0.717, 1.165) is 25.9 Å². The van der Waals surface area contributed by atoms with Gasteiger partial charge in [-0.2, -0.15) is 0 Å². The fraction of sp³-hybridized carbons (Fsp3) is 0.533. The summed E-state index contributed by atoms with van der Waals surface area (Å²) < 4.78 is 0. The van der Waals surface area contributed by atoms with Crippen molar-refractivity contribution in [3.8, 4) is 0 Å². The molecule has 1 aromatic rings. The van der Waals surface area contributed by atoms with E-state index >= 15 is 0 Å². The van der Waals surface area contributed by atoms with Gasteiger partial charge in [0.2, 0.25) is 5.91 Å². The van der Waals surface area contributed by atoms with Gasteiger partial charge in [-0.1, -0.05) is 30.3 Å². The lowest BCUT2D eigenvalue weighted by Crippen LogP contribution is -2.37. The molecule has 0 bridgehead atoms. The predicted molar refractivity (Wildman–Crippen MR) is 73.3 cm³/mol. The molecule has 3 heteroatoms. The first-order valence-electron chi connectivity index (χ1n) is 6.84. The van der Waals surface area contributed by atoms with Crippen molar-refractivity contribution in [1.29, 1.82) is 0 Å². The van der Waals surface area contributed by atoms with Gasteiger partial charge in [-0.3, -0.25) is 4.79 Å². The summed E-state index contributed by atoms with van der Waals surface area (Å²) in [5.41, 5.74) is 6.98. The molecule has 1 aliphatic rings. The predicted octanol–water partition coefficient (Wildman–Crippen LogP) is 2.13. The quantitative estimate of drug-likeness (QED) is 0.884. The van der Waals surface area contributed by atoms with Crippen LogP contribution in [0.5, 0.6) is 0 Å². The van der Waals surface area contributed by atoms with Gasteiger partial charge in [0.15, 0.2) is 0 Å². The van der Waals surface area contributed by atoms with Gasteiger partial charge in [0.1, 0.15) is 0 Å². The topological polar surface area (TPSA) is 46.3 Å². The highest BCUT2D eigenvalue weighted by molar-refractivity contribution is 5.77. The second-order valence-corrected chi connectivity index (χ2v) is 4.99. The third-order valence-electron chi connectivity index (χ3n) is 3.69. The monoisotopic (exact) mass is 246 g/mol. The van der Waals surface area contributed by atoms with Gasteiger partial charge < -0.3 is 10.6 Å². The van der Waals surface area contributed by atoms with Crippen LogP contribution in [0.15, 0.2) is 30.3 Å². The number of likely N-dealkylation sites (tertiary alicyclic amines) is 1. The molecule has 1 amide bonds. The normalized spacial score (nSPS) is 17.5. The molecular formula is C15H22N2O. The average Bonchev–Trinajstić information content (AvgIpc) is 2.46. The van der Waals surface area contributed by atoms with Gasteiger partial charge in [0.25, 0.3) is 0 Å². The summed E-state index contributed by atoms with van der Waals surface area (Å²) in [6, 6.07) is 10.1. The summed E-state index contributed by atoms with van der Waals surface area (Å²) in [5.74, 6) is 0.412. The van der Waals surface area contributed by atoms with Crippen molar-refractivity contribution >= 4 is 5.91 Å². The number of benzene rings is 1. The Bertz CT molecular complexity index is 371. The molecule has 0 aliphatic carbocycles. The standard InChI is InChI=1S/C15H22N2O/c16-12-14(13-7-3-1-4-8-13)11-15(18)17-9-5-2-6-10-17/h1,3-4,7-8,14H,2,5-6,9-12,16H2/t14-/m0/s1. The van der Waals surface area contributed by atoms with Crippen LogP contribution in [0.25, 0.3) is 0 Å².